The number of carbonyl (C=O) groups is 1. The molecule has 1 aromatic rings. The molecule has 1 aromatic carbocycles. The van der Waals surface area contributed by atoms with Crippen molar-refractivity contribution in [3.8, 4) is 0 Å². The minimum Gasteiger partial charge on any atom is -0.370 e. The molecular formula is C13H16BrNO3. The average Bonchev–Trinajstić information content (AvgIpc) is 2.33. The van der Waals surface area contributed by atoms with Crippen molar-refractivity contribution in [3.63, 3.8) is 0 Å². The molecule has 1 aliphatic rings. The first-order valence-corrected chi connectivity index (χ1v) is 6.54. The molecule has 0 amide bonds. The predicted molar refractivity (Wildman–Crippen MR) is 73.0 cm³/mol. The van der Waals surface area contributed by atoms with Crippen LogP contribution in [0, 0.1) is 5.92 Å². The minimum atomic E-state index is -0.140. The number of rotatable bonds is 5. The van der Waals surface area contributed by atoms with Gasteiger partial charge in [0, 0.05) is 49.0 Å². The van der Waals surface area contributed by atoms with Crippen molar-refractivity contribution in [1.82, 2.24) is 0 Å². The van der Waals surface area contributed by atoms with Crippen LogP contribution >= 0.6 is 15.9 Å². The fraction of sp³-hybridized carbons (Fsp3) is 0.462. The Labute approximate surface area is 115 Å². The van der Waals surface area contributed by atoms with E-state index in [1.54, 1.807) is 14.2 Å². The highest BCUT2D eigenvalue weighted by atomic mass is 79.9. The Morgan fingerprint density at radius 2 is 2.06 bits per heavy atom. The zero-order chi connectivity index (χ0) is 13.1. The molecule has 1 fully saturated rings. The van der Waals surface area contributed by atoms with Crippen LogP contribution in [0.5, 0.6) is 0 Å². The van der Waals surface area contributed by atoms with Gasteiger partial charge in [-0.1, -0.05) is 0 Å². The van der Waals surface area contributed by atoms with Gasteiger partial charge in [0.15, 0.2) is 12.6 Å². The highest BCUT2D eigenvalue weighted by molar-refractivity contribution is 9.10. The van der Waals surface area contributed by atoms with Gasteiger partial charge in [-0.2, -0.15) is 0 Å². The smallest absolute Gasteiger partial charge is 0.162 e. The van der Waals surface area contributed by atoms with Crippen LogP contribution in [0.15, 0.2) is 22.7 Å². The van der Waals surface area contributed by atoms with Gasteiger partial charge < -0.3 is 14.4 Å². The lowest BCUT2D eigenvalue weighted by Crippen LogP contribution is -2.53. The molecule has 18 heavy (non-hydrogen) atoms. The van der Waals surface area contributed by atoms with Gasteiger partial charge in [0.2, 0.25) is 0 Å². The third-order valence-corrected chi connectivity index (χ3v) is 3.92. The van der Waals surface area contributed by atoms with E-state index in [1.807, 2.05) is 18.2 Å². The van der Waals surface area contributed by atoms with E-state index < -0.39 is 0 Å². The second-order valence-corrected chi connectivity index (χ2v) is 5.18. The number of anilines is 1. The molecule has 98 valence electrons. The van der Waals surface area contributed by atoms with Crippen LogP contribution in [-0.4, -0.2) is 39.9 Å². The van der Waals surface area contributed by atoms with Crippen LogP contribution in [0.25, 0.3) is 0 Å². The van der Waals surface area contributed by atoms with Crippen LogP contribution in [0.3, 0.4) is 0 Å². The molecule has 2 rings (SSSR count). The zero-order valence-electron chi connectivity index (χ0n) is 10.4. The van der Waals surface area contributed by atoms with E-state index >= 15 is 0 Å². The largest absolute Gasteiger partial charge is 0.370 e. The van der Waals surface area contributed by atoms with Crippen molar-refractivity contribution in [2.45, 2.75) is 6.29 Å². The summed E-state index contributed by atoms with van der Waals surface area (Å²) < 4.78 is 11.3. The summed E-state index contributed by atoms with van der Waals surface area (Å²) in [5, 5.41) is 0. The molecule has 1 aliphatic heterocycles. The monoisotopic (exact) mass is 313 g/mol. The van der Waals surface area contributed by atoms with Gasteiger partial charge in [-0.15, -0.1) is 0 Å². The average molecular weight is 314 g/mol. The number of carbonyl (C=O) groups excluding carboxylic acids is 1. The number of hydrogen-bond donors (Lipinski definition) is 0. The van der Waals surface area contributed by atoms with E-state index in [-0.39, 0.29) is 6.29 Å². The summed E-state index contributed by atoms with van der Waals surface area (Å²) in [6.07, 6.45) is 0.706. The minimum absolute atomic E-state index is 0.140. The lowest BCUT2D eigenvalue weighted by atomic mass is 9.98. The maximum Gasteiger partial charge on any atom is 0.162 e. The third-order valence-electron chi connectivity index (χ3n) is 3.24. The van der Waals surface area contributed by atoms with Gasteiger partial charge in [-0.3, -0.25) is 4.79 Å². The Bertz CT molecular complexity index is 428. The Hall–Kier alpha value is -0.910. The van der Waals surface area contributed by atoms with Crippen LogP contribution in [-0.2, 0) is 9.47 Å². The molecule has 0 N–H and O–H groups in total. The maximum absolute atomic E-state index is 10.7. The summed E-state index contributed by atoms with van der Waals surface area (Å²) in [5.74, 6) is 0.393. The maximum atomic E-state index is 10.7. The normalized spacial score (nSPS) is 15.9. The first-order valence-electron chi connectivity index (χ1n) is 5.75. The van der Waals surface area contributed by atoms with E-state index in [1.165, 1.54) is 0 Å². The van der Waals surface area contributed by atoms with Gasteiger partial charge in [0.25, 0.3) is 0 Å². The van der Waals surface area contributed by atoms with Crippen molar-refractivity contribution in [1.29, 1.82) is 0 Å². The van der Waals surface area contributed by atoms with Crippen LogP contribution in [0.4, 0.5) is 5.69 Å². The first-order chi connectivity index (χ1) is 8.69. The molecule has 0 unspecified atom stereocenters. The summed E-state index contributed by atoms with van der Waals surface area (Å²) >= 11 is 3.39. The molecule has 0 radical (unpaired) electrons. The molecule has 5 heteroatoms. The summed E-state index contributed by atoms with van der Waals surface area (Å²) in [7, 11) is 3.32. The first kappa shape index (κ1) is 13.5. The molecule has 1 heterocycles. The van der Waals surface area contributed by atoms with Gasteiger partial charge >= 0.3 is 0 Å². The summed E-state index contributed by atoms with van der Waals surface area (Å²) in [6.45, 7) is 1.80. The lowest BCUT2D eigenvalue weighted by molar-refractivity contribution is -0.142. The topological polar surface area (TPSA) is 38.8 Å². The number of ether oxygens (including phenoxy) is 2. The summed E-state index contributed by atoms with van der Waals surface area (Å²) in [4.78, 5) is 13.0. The van der Waals surface area contributed by atoms with Crippen molar-refractivity contribution in [2.75, 3.05) is 32.2 Å². The number of aldehydes is 1. The second-order valence-electron chi connectivity index (χ2n) is 4.33. The van der Waals surface area contributed by atoms with E-state index in [0.717, 1.165) is 29.5 Å². The molecule has 1 saturated heterocycles. The standard InChI is InChI=1S/C13H16BrNO3/c1-17-13(18-2)10-6-15(7-10)11-4-3-9(8-16)12(14)5-11/h3-5,8,10,13H,6-7H2,1-2H3. The van der Waals surface area contributed by atoms with E-state index in [9.17, 15) is 4.79 Å². The Morgan fingerprint density at radius 3 is 2.56 bits per heavy atom. The highest BCUT2D eigenvalue weighted by Gasteiger charge is 2.34. The van der Waals surface area contributed by atoms with Crippen molar-refractivity contribution in [2.24, 2.45) is 5.92 Å². The second kappa shape index (κ2) is 5.82. The number of halogens is 1. The molecule has 0 aromatic heterocycles. The molecule has 4 nitrogen and oxygen atoms in total. The number of hydrogen-bond acceptors (Lipinski definition) is 4. The summed E-state index contributed by atoms with van der Waals surface area (Å²) in [6, 6.07) is 5.75. The molecule has 0 spiro atoms. The van der Waals surface area contributed by atoms with Crippen LogP contribution < -0.4 is 4.90 Å². The molecule has 0 bridgehead atoms. The number of methoxy groups -OCH3 is 2. The van der Waals surface area contributed by atoms with E-state index in [4.69, 9.17) is 9.47 Å². The van der Waals surface area contributed by atoms with Crippen molar-refractivity contribution >= 4 is 27.9 Å². The molecule has 0 saturated carbocycles. The number of nitrogens with zero attached hydrogens (tertiary/aromatic N) is 1. The fourth-order valence-corrected chi connectivity index (χ4v) is 2.65. The molecular weight excluding hydrogens is 298 g/mol. The Kier molecular flexibility index (Phi) is 4.37. The lowest BCUT2D eigenvalue weighted by Gasteiger charge is -2.43. The third kappa shape index (κ3) is 2.58. The van der Waals surface area contributed by atoms with Gasteiger partial charge in [0.1, 0.15) is 0 Å². The van der Waals surface area contributed by atoms with Crippen LogP contribution in [0.1, 0.15) is 10.4 Å². The zero-order valence-corrected chi connectivity index (χ0v) is 12.0. The van der Waals surface area contributed by atoms with Crippen molar-refractivity contribution in [3.05, 3.63) is 28.2 Å². The van der Waals surface area contributed by atoms with E-state index in [0.29, 0.717) is 11.5 Å². The predicted octanol–water partition coefficient (Wildman–Crippen LogP) is 2.32. The Balaban J connectivity index is 2.00. The highest BCUT2D eigenvalue weighted by Crippen LogP contribution is 2.30. The van der Waals surface area contributed by atoms with Gasteiger partial charge in [0.05, 0.1) is 0 Å². The number of benzene rings is 1. The molecule has 0 atom stereocenters. The SMILES string of the molecule is COC(OC)C1CN(c2ccc(C=O)c(Br)c2)C1. The van der Waals surface area contributed by atoms with Gasteiger partial charge in [-0.25, -0.2) is 0 Å². The van der Waals surface area contributed by atoms with Crippen molar-refractivity contribution < 1.29 is 14.3 Å². The molecule has 0 aliphatic carbocycles. The Morgan fingerprint density at radius 1 is 1.39 bits per heavy atom. The quantitative estimate of drug-likeness (QED) is 0.618. The van der Waals surface area contributed by atoms with E-state index in [2.05, 4.69) is 20.8 Å². The van der Waals surface area contributed by atoms with Gasteiger partial charge in [-0.05, 0) is 34.1 Å². The summed E-state index contributed by atoms with van der Waals surface area (Å²) in [5.41, 5.74) is 1.78. The van der Waals surface area contributed by atoms with Crippen LogP contribution in [0.2, 0.25) is 0 Å². The fourth-order valence-electron chi connectivity index (χ4n) is 2.19.